The lowest BCUT2D eigenvalue weighted by Gasteiger charge is -2.24. The van der Waals surface area contributed by atoms with Crippen LogP contribution < -0.4 is 0 Å². The Morgan fingerprint density at radius 1 is 1.29 bits per heavy atom. The number of nitrogens with zero attached hydrogens (tertiary/aromatic N) is 1. The molecule has 0 saturated carbocycles. The predicted octanol–water partition coefficient (Wildman–Crippen LogP) is 3.63. The van der Waals surface area contributed by atoms with Gasteiger partial charge in [0.25, 0.3) is 0 Å². The third-order valence-electron chi connectivity index (χ3n) is 2.37. The first-order chi connectivity index (χ1) is 7.80. The second-order valence-electron chi connectivity index (χ2n) is 3.88. The molecule has 0 aromatic heterocycles. The van der Waals surface area contributed by atoms with Crippen LogP contribution in [0.25, 0.3) is 0 Å². The van der Waals surface area contributed by atoms with Crippen LogP contribution in [-0.4, -0.2) is 25.3 Å². The maximum atomic E-state index is 12.5. The third kappa shape index (κ3) is 3.30. The number of benzene rings is 1. The Bertz CT molecular complexity index is 500. The van der Waals surface area contributed by atoms with Crippen LogP contribution in [0, 0.1) is 0 Å². The van der Waals surface area contributed by atoms with Crippen molar-refractivity contribution in [2.24, 2.45) is 0 Å². The zero-order valence-corrected chi connectivity index (χ0v) is 13.9. The van der Waals surface area contributed by atoms with Crippen molar-refractivity contribution in [1.82, 2.24) is 4.31 Å². The predicted molar refractivity (Wildman–Crippen MR) is 76.5 cm³/mol. The molecule has 0 aliphatic heterocycles. The third-order valence-corrected chi connectivity index (χ3v) is 6.01. The zero-order chi connectivity index (χ0) is 13.2. The van der Waals surface area contributed by atoms with Crippen LogP contribution in [0.5, 0.6) is 0 Å². The van der Waals surface area contributed by atoms with Gasteiger partial charge >= 0.3 is 0 Å². The first-order valence-electron chi connectivity index (χ1n) is 5.27. The van der Waals surface area contributed by atoms with Crippen molar-refractivity contribution in [3.05, 3.63) is 27.1 Å². The Morgan fingerprint density at radius 2 is 1.88 bits per heavy atom. The summed E-state index contributed by atoms with van der Waals surface area (Å²) in [5.74, 6) is 0. The van der Waals surface area contributed by atoms with Crippen LogP contribution in [-0.2, 0) is 10.0 Å². The molecule has 0 saturated heterocycles. The standard InChI is InChI=1S/C11H15Br2NO2S/c1-4-14(8(2)3)17(15,16)11-7-9(12)5-6-10(11)13/h5-8H,4H2,1-3H3. The molecule has 1 rings (SSSR count). The van der Waals surface area contributed by atoms with E-state index in [1.165, 1.54) is 4.31 Å². The minimum atomic E-state index is -3.45. The summed E-state index contributed by atoms with van der Waals surface area (Å²) >= 11 is 6.58. The molecular formula is C11H15Br2NO2S. The fourth-order valence-corrected chi connectivity index (χ4v) is 4.72. The molecule has 0 radical (unpaired) electrons. The smallest absolute Gasteiger partial charge is 0.207 e. The first kappa shape index (κ1) is 15.1. The molecular weight excluding hydrogens is 370 g/mol. The van der Waals surface area contributed by atoms with Crippen molar-refractivity contribution in [3.63, 3.8) is 0 Å². The molecule has 0 aliphatic carbocycles. The SMILES string of the molecule is CCN(C(C)C)S(=O)(=O)c1cc(Br)ccc1Br. The monoisotopic (exact) mass is 383 g/mol. The Balaban J connectivity index is 3.35. The Morgan fingerprint density at radius 3 is 2.35 bits per heavy atom. The maximum Gasteiger partial charge on any atom is 0.244 e. The molecule has 0 aliphatic rings. The van der Waals surface area contributed by atoms with Crippen molar-refractivity contribution >= 4 is 41.9 Å². The average Bonchev–Trinajstić information content (AvgIpc) is 2.21. The molecule has 1 aromatic rings. The summed E-state index contributed by atoms with van der Waals surface area (Å²) in [5, 5.41) is 0. The van der Waals surface area contributed by atoms with Crippen LogP contribution in [0.2, 0.25) is 0 Å². The largest absolute Gasteiger partial charge is 0.244 e. The number of rotatable bonds is 4. The van der Waals surface area contributed by atoms with Gasteiger partial charge in [0.05, 0.1) is 4.90 Å². The van der Waals surface area contributed by atoms with E-state index in [1.54, 1.807) is 18.2 Å². The lowest BCUT2D eigenvalue weighted by Crippen LogP contribution is -2.36. The molecule has 0 spiro atoms. The van der Waals surface area contributed by atoms with Crippen molar-refractivity contribution in [2.45, 2.75) is 31.7 Å². The van der Waals surface area contributed by atoms with E-state index in [2.05, 4.69) is 31.9 Å². The van der Waals surface area contributed by atoms with Crippen molar-refractivity contribution in [1.29, 1.82) is 0 Å². The van der Waals surface area contributed by atoms with Crippen LogP contribution in [0.15, 0.2) is 32.0 Å². The highest BCUT2D eigenvalue weighted by atomic mass is 79.9. The molecule has 3 nitrogen and oxygen atoms in total. The zero-order valence-electron chi connectivity index (χ0n) is 9.94. The maximum absolute atomic E-state index is 12.5. The normalized spacial score (nSPS) is 12.4. The van der Waals surface area contributed by atoms with E-state index in [-0.39, 0.29) is 6.04 Å². The summed E-state index contributed by atoms with van der Waals surface area (Å²) in [4.78, 5) is 0.294. The number of halogens is 2. The van der Waals surface area contributed by atoms with Gasteiger partial charge in [0.1, 0.15) is 0 Å². The van der Waals surface area contributed by atoms with Crippen LogP contribution >= 0.6 is 31.9 Å². The topological polar surface area (TPSA) is 37.4 Å². The van der Waals surface area contributed by atoms with Gasteiger partial charge in [-0.1, -0.05) is 22.9 Å². The molecule has 1 aromatic carbocycles. The van der Waals surface area contributed by atoms with Crippen molar-refractivity contribution in [2.75, 3.05) is 6.54 Å². The Labute approximate surface area is 120 Å². The van der Waals surface area contributed by atoms with E-state index in [9.17, 15) is 8.42 Å². The van der Waals surface area contributed by atoms with Gasteiger partial charge in [-0.3, -0.25) is 0 Å². The number of hydrogen-bond acceptors (Lipinski definition) is 2. The minimum absolute atomic E-state index is 0.0594. The highest BCUT2D eigenvalue weighted by Crippen LogP contribution is 2.28. The molecule has 0 heterocycles. The molecule has 96 valence electrons. The molecule has 0 bridgehead atoms. The molecule has 0 fully saturated rings. The van der Waals surface area contributed by atoms with E-state index in [0.717, 1.165) is 4.47 Å². The lowest BCUT2D eigenvalue weighted by molar-refractivity contribution is 0.369. The quantitative estimate of drug-likeness (QED) is 0.794. The lowest BCUT2D eigenvalue weighted by atomic mass is 10.4. The highest BCUT2D eigenvalue weighted by Gasteiger charge is 2.27. The van der Waals surface area contributed by atoms with Crippen LogP contribution in [0.1, 0.15) is 20.8 Å². The number of hydrogen-bond donors (Lipinski definition) is 0. The molecule has 0 atom stereocenters. The molecule has 17 heavy (non-hydrogen) atoms. The van der Waals surface area contributed by atoms with E-state index in [1.807, 2.05) is 20.8 Å². The first-order valence-corrected chi connectivity index (χ1v) is 8.30. The summed E-state index contributed by atoms with van der Waals surface area (Å²) in [6.07, 6.45) is 0. The summed E-state index contributed by atoms with van der Waals surface area (Å²) in [6.45, 7) is 6.03. The highest BCUT2D eigenvalue weighted by molar-refractivity contribution is 9.11. The average molecular weight is 385 g/mol. The second kappa shape index (κ2) is 5.82. The number of sulfonamides is 1. The molecule has 0 unspecified atom stereocenters. The minimum Gasteiger partial charge on any atom is -0.207 e. The second-order valence-corrected chi connectivity index (χ2v) is 7.51. The van der Waals surface area contributed by atoms with Gasteiger partial charge in [-0.05, 0) is 48.0 Å². The summed E-state index contributed by atoms with van der Waals surface area (Å²) in [5.41, 5.74) is 0. The summed E-state index contributed by atoms with van der Waals surface area (Å²) < 4.78 is 27.7. The summed E-state index contributed by atoms with van der Waals surface area (Å²) in [6, 6.07) is 5.08. The Hall–Kier alpha value is 0.0900. The van der Waals surface area contributed by atoms with Gasteiger partial charge in [-0.2, -0.15) is 4.31 Å². The van der Waals surface area contributed by atoms with Gasteiger partial charge in [0.15, 0.2) is 0 Å². The fourth-order valence-electron chi connectivity index (χ4n) is 1.61. The molecule has 0 N–H and O–H groups in total. The van der Waals surface area contributed by atoms with E-state index < -0.39 is 10.0 Å². The van der Waals surface area contributed by atoms with Gasteiger partial charge in [0, 0.05) is 21.5 Å². The molecule has 6 heteroatoms. The van der Waals surface area contributed by atoms with E-state index >= 15 is 0 Å². The van der Waals surface area contributed by atoms with Crippen molar-refractivity contribution in [3.8, 4) is 0 Å². The van der Waals surface area contributed by atoms with Crippen LogP contribution in [0.4, 0.5) is 0 Å². The summed E-state index contributed by atoms with van der Waals surface area (Å²) in [7, 11) is -3.45. The Kier molecular flexibility index (Phi) is 5.19. The van der Waals surface area contributed by atoms with Crippen LogP contribution in [0.3, 0.4) is 0 Å². The fraction of sp³-hybridized carbons (Fsp3) is 0.455. The van der Waals surface area contributed by atoms with Gasteiger partial charge in [-0.15, -0.1) is 0 Å². The van der Waals surface area contributed by atoms with Crippen molar-refractivity contribution < 1.29 is 8.42 Å². The van der Waals surface area contributed by atoms with E-state index in [0.29, 0.717) is 15.9 Å². The van der Waals surface area contributed by atoms with Gasteiger partial charge in [-0.25, -0.2) is 8.42 Å². The van der Waals surface area contributed by atoms with Gasteiger partial charge in [0.2, 0.25) is 10.0 Å². The molecule has 0 amide bonds. The van der Waals surface area contributed by atoms with E-state index in [4.69, 9.17) is 0 Å². The van der Waals surface area contributed by atoms with Gasteiger partial charge < -0.3 is 0 Å².